The van der Waals surface area contributed by atoms with Gasteiger partial charge >= 0.3 is 5.97 Å². The number of carboxylic acids is 1. The number of carboxylic acid groups (broad SMARTS) is 1. The lowest BCUT2D eigenvalue weighted by Gasteiger charge is -2.31. The molecule has 2 rings (SSSR count). The number of amides is 2. The van der Waals surface area contributed by atoms with Crippen LogP contribution < -0.4 is 5.32 Å². The zero-order valence-corrected chi connectivity index (χ0v) is 18.9. The maximum absolute atomic E-state index is 12.5. The summed E-state index contributed by atoms with van der Waals surface area (Å²) in [6.45, 7) is 4.34. The molecule has 162 valence electrons. The van der Waals surface area contributed by atoms with Gasteiger partial charge in [0.25, 0.3) is 0 Å². The van der Waals surface area contributed by atoms with E-state index in [1.54, 1.807) is 11.0 Å². The minimum atomic E-state index is -1.09. The lowest BCUT2D eigenvalue weighted by atomic mass is 9.95. The zero-order valence-electron chi connectivity index (χ0n) is 16.6. The minimum Gasteiger partial charge on any atom is -0.480 e. The Morgan fingerprint density at radius 2 is 1.97 bits per heavy atom. The number of aliphatic carboxylic acids is 1. The van der Waals surface area contributed by atoms with Crippen LogP contribution in [0.3, 0.4) is 0 Å². The number of nitrogens with zero attached hydrogens (tertiary/aromatic N) is 1. The highest BCUT2D eigenvalue weighted by Crippen LogP contribution is 2.35. The first kappa shape index (κ1) is 24.3. The Kier molecular flexibility index (Phi) is 9.27. The second-order valence-electron chi connectivity index (χ2n) is 6.84. The molecule has 1 aromatic rings. The van der Waals surface area contributed by atoms with Gasteiger partial charge in [0.05, 0.1) is 10.0 Å². The topological polar surface area (TPSA) is 86.7 Å². The maximum Gasteiger partial charge on any atom is 0.326 e. The number of likely N-dealkylation sites (tertiary alicyclic amines) is 1. The highest BCUT2D eigenvalue weighted by molar-refractivity contribution is 7.98. The Hall–Kier alpha value is -1.96. The van der Waals surface area contributed by atoms with Crippen LogP contribution in [0.25, 0.3) is 6.08 Å². The van der Waals surface area contributed by atoms with Gasteiger partial charge in [0.1, 0.15) is 6.04 Å². The third kappa shape index (κ3) is 6.27. The molecule has 9 heteroatoms. The predicted molar refractivity (Wildman–Crippen MR) is 121 cm³/mol. The molecule has 1 fully saturated rings. The second kappa shape index (κ2) is 11.4. The summed E-state index contributed by atoms with van der Waals surface area (Å²) in [5.41, 5.74) is 0.656. The van der Waals surface area contributed by atoms with Gasteiger partial charge < -0.3 is 15.3 Å². The summed E-state index contributed by atoms with van der Waals surface area (Å²) in [5, 5.41) is 12.5. The van der Waals surface area contributed by atoms with E-state index < -0.39 is 12.0 Å². The molecule has 1 saturated heterocycles. The highest BCUT2D eigenvalue weighted by atomic mass is 35.5. The molecular formula is C21H24Cl2N2O4S. The van der Waals surface area contributed by atoms with Crippen molar-refractivity contribution < 1.29 is 19.5 Å². The molecule has 1 unspecified atom stereocenters. The minimum absolute atomic E-state index is 0.160. The lowest BCUT2D eigenvalue weighted by Crippen LogP contribution is -2.47. The fourth-order valence-corrected chi connectivity index (χ4v) is 4.31. The molecule has 1 aliphatic heterocycles. The van der Waals surface area contributed by atoms with Gasteiger partial charge in [-0.2, -0.15) is 0 Å². The summed E-state index contributed by atoms with van der Waals surface area (Å²) in [7, 11) is 0. The van der Waals surface area contributed by atoms with Crippen LogP contribution in [0, 0.1) is 5.92 Å². The molecule has 0 aliphatic carbocycles. The number of carbonyl (C=O) groups excluding carboxylic acids is 2. The van der Waals surface area contributed by atoms with E-state index in [0.717, 1.165) is 4.90 Å². The van der Waals surface area contributed by atoms with Gasteiger partial charge in [0.15, 0.2) is 0 Å². The van der Waals surface area contributed by atoms with Crippen molar-refractivity contribution in [2.75, 3.05) is 19.3 Å². The standard InChI is InChI=1S/C21H24Cl2N2O4S/c1-3-4-15(21(28)29)24-20(27)14-9-11-25(12-10-14)17(26)8-6-13-5-7-16(30-2)19(23)18(13)22/h3,5-8,14-15H,1,4,9-12H2,2H3,(H,24,27)(H,28,29). The summed E-state index contributed by atoms with van der Waals surface area (Å²) in [6, 6.07) is 2.68. The molecule has 2 N–H and O–H groups in total. The summed E-state index contributed by atoms with van der Waals surface area (Å²) in [6.07, 6.45) is 7.55. The Bertz CT molecular complexity index is 852. The van der Waals surface area contributed by atoms with E-state index in [1.807, 2.05) is 18.4 Å². The van der Waals surface area contributed by atoms with Crippen LogP contribution in [0.15, 0.2) is 35.8 Å². The number of nitrogens with one attached hydrogen (secondary N) is 1. The Balaban J connectivity index is 1.92. The molecule has 1 aliphatic rings. The van der Waals surface area contributed by atoms with Crippen molar-refractivity contribution >= 4 is 58.8 Å². The number of thioether (sulfide) groups is 1. The first-order valence-corrected chi connectivity index (χ1v) is 11.4. The van der Waals surface area contributed by atoms with Gasteiger partial charge in [0, 0.05) is 30.0 Å². The van der Waals surface area contributed by atoms with Crippen molar-refractivity contribution in [1.29, 1.82) is 0 Å². The molecule has 0 bridgehead atoms. The van der Waals surface area contributed by atoms with Gasteiger partial charge in [-0.25, -0.2) is 4.79 Å². The summed E-state index contributed by atoms with van der Waals surface area (Å²) >= 11 is 14.0. The number of rotatable bonds is 8. The number of carbonyl (C=O) groups is 3. The van der Waals surface area contributed by atoms with E-state index in [1.165, 1.54) is 23.9 Å². The van der Waals surface area contributed by atoms with Crippen LogP contribution in [-0.2, 0) is 14.4 Å². The Morgan fingerprint density at radius 1 is 1.30 bits per heavy atom. The maximum atomic E-state index is 12.5. The van der Waals surface area contributed by atoms with E-state index in [-0.39, 0.29) is 24.2 Å². The molecule has 0 radical (unpaired) electrons. The second-order valence-corrected chi connectivity index (χ2v) is 8.45. The molecule has 30 heavy (non-hydrogen) atoms. The average Bonchev–Trinajstić information content (AvgIpc) is 2.74. The number of piperidine rings is 1. The summed E-state index contributed by atoms with van der Waals surface area (Å²) < 4.78 is 0. The average molecular weight is 471 g/mol. The number of hydrogen-bond acceptors (Lipinski definition) is 4. The van der Waals surface area contributed by atoms with E-state index in [9.17, 15) is 14.4 Å². The van der Waals surface area contributed by atoms with Gasteiger partial charge in [-0.15, -0.1) is 18.3 Å². The van der Waals surface area contributed by atoms with Crippen LogP contribution in [0.4, 0.5) is 0 Å². The first-order valence-electron chi connectivity index (χ1n) is 9.41. The van der Waals surface area contributed by atoms with Crippen LogP contribution in [0.1, 0.15) is 24.8 Å². The number of benzene rings is 1. The van der Waals surface area contributed by atoms with Crippen molar-refractivity contribution in [1.82, 2.24) is 10.2 Å². The van der Waals surface area contributed by atoms with Crippen LogP contribution in [-0.4, -0.2) is 53.2 Å². The molecule has 6 nitrogen and oxygen atoms in total. The van der Waals surface area contributed by atoms with Gasteiger partial charge in [-0.1, -0.05) is 35.3 Å². The summed E-state index contributed by atoms with van der Waals surface area (Å²) in [4.78, 5) is 38.5. The van der Waals surface area contributed by atoms with Gasteiger partial charge in [-0.3, -0.25) is 9.59 Å². The third-order valence-electron chi connectivity index (χ3n) is 4.90. The largest absolute Gasteiger partial charge is 0.480 e. The van der Waals surface area contributed by atoms with Crippen molar-refractivity contribution in [2.45, 2.75) is 30.2 Å². The Morgan fingerprint density at radius 3 is 2.53 bits per heavy atom. The monoisotopic (exact) mass is 470 g/mol. The molecule has 0 spiro atoms. The SMILES string of the molecule is C=CCC(NC(=O)C1CCN(C(=O)C=Cc2ccc(SC)c(Cl)c2Cl)CC1)C(=O)O. The fraction of sp³-hybridized carbons (Fsp3) is 0.381. The zero-order chi connectivity index (χ0) is 22.3. The van der Waals surface area contributed by atoms with Gasteiger partial charge in [0.2, 0.25) is 11.8 Å². The summed E-state index contributed by atoms with van der Waals surface area (Å²) in [5.74, 6) is -1.89. The quantitative estimate of drug-likeness (QED) is 0.339. The lowest BCUT2D eigenvalue weighted by molar-refractivity contribution is -0.142. The van der Waals surface area contributed by atoms with Crippen molar-refractivity contribution in [3.63, 3.8) is 0 Å². The molecule has 0 saturated carbocycles. The molecule has 1 heterocycles. The highest BCUT2D eigenvalue weighted by Gasteiger charge is 2.29. The van der Waals surface area contributed by atoms with Crippen LogP contribution in [0.5, 0.6) is 0 Å². The van der Waals surface area contributed by atoms with Crippen molar-refractivity contribution in [2.24, 2.45) is 5.92 Å². The third-order valence-corrected chi connectivity index (χ3v) is 6.69. The van der Waals surface area contributed by atoms with Crippen molar-refractivity contribution in [3.8, 4) is 0 Å². The van der Waals surface area contributed by atoms with E-state index in [2.05, 4.69) is 11.9 Å². The normalized spacial score (nSPS) is 15.8. The molecule has 2 amide bonds. The molecular weight excluding hydrogens is 447 g/mol. The fourth-order valence-electron chi connectivity index (χ4n) is 3.14. The van der Waals surface area contributed by atoms with E-state index in [0.29, 0.717) is 41.5 Å². The van der Waals surface area contributed by atoms with Crippen LogP contribution in [0.2, 0.25) is 10.0 Å². The number of halogens is 2. The van der Waals surface area contributed by atoms with E-state index in [4.69, 9.17) is 28.3 Å². The smallest absolute Gasteiger partial charge is 0.326 e. The van der Waals surface area contributed by atoms with Crippen LogP contribution >= 0.6 is 35.0 Å². The molecule has 1 aromatic carbocycles. The van der Waals surface area contributed by atoms with Crippen molar-refractivity contribution in [3.05, 3.63) is 46.5 Å². The predicted octanol–water partition coefficient (Wildman–Crippen LogP) is 4.11. The number of hydrogen-bond donors (Lipinski definition) is 2. The van der Waals surface area contributed by atoms with E-state index >= 15 is 0 Å². The molecule has 1 atom stereocenters. The molecule has 0 aromatic heterocycles. The first-order chi connectivity index (χ1) is 14.3. The Labute approximate surface area is 190 Å². The van der Waals surface area contributed by atoms with Gasteiger partial charge in [-0.05, 0) is 43.2 Å².